The fraction of sp³-hybridized carbons (Fsp3) is 0.222. The van der Waals surface area contributed by atoms with Gasteiger partial charge < -0.3 is 4.74 Å². The number of thiophene rings is 1. The van der Waals surface area contributed by atoms with Gasteiger partial charge in [0.15, 0.2) is 0 Å². The van der Waals surface area contributed by atoms with Crippen LogP contribution in [0, 0.1) is 0 Å². The summed E-state index contributed by atoms with van der Waals surface area (Å²) >= 11 is 3.79. The number of esters is 1. The van der Waals surface area contributed by atoms with Crippen LogP contribution in [0.2, 0.25) is 0 Å². The molecule has 0 bridgehead atoms. The molecule has 0 spiro atoms. The molecule has 1 atom stereocenters. The summed E-state index contributed by atoms with van der Waals surface area (Å²) in [6, 6.07) is 1.96. The zero-order chi connectivity index (χ0) is 9.68. The molecule has 13 heavy (non-hydrogen) atoms. The van der Waals surface area contributed by atoms with Crippen LogP contribution in [0.1, 0.15) is 11.7 Å². The Labute approximate surface area is 94.7 Å². The summed E-state index contributed by atoms with van der Waals surface area (Å²) in [6.45, 7) is 3.35. The van der Waals surface area contributed by atoms with E-state index in [2.05, 4.69) is 29.2 Å². The summed E-state index contributed by atoms with van der Waals surface area (Å²) in [5.74, 6) is -0.368. The van der Waals surface area contributed by atoms with Gasteiger partial charge in [0.05, 0.1) is 0 Å². The summed E-state index contributed by atoms with van der Waals surface area (Å²) in [4.78, 5) is 10.9. The second-order valence-corrected chi connectivity index (χ2v) is 4.00. The van der Waals surface area contributed by atoms with Gasteiger partial charge in [-0.1, -0.05) is 29.2 Å². The molecule has 0 aromatic carbocycles. The van der Waals surface area contributed by atoms with E-state index in [4.69, 9.17) is 4.74 Å². The first-order valence-electron chi connectivity index (χ1n) is 3.69. The molecule has 1 heterocycles. The molecule has 4 heteroatoms. The number of hydrogen-bond donors (Lipinski definition) is 0. The fourth-order valence-electron chi connectivity index (χ4n) is 0.835. The predicted octanol–water partition coefficient (Wildman–Crippen LogP) is 2.95. The van der Waals surface area contributed by atoms with E-state index in [1.54, 1.807) is 11.3 Å². The minimum absolute atomic E-state index is 0.141. The van der Waals surface area contributed by atoms with E-state index in [0.717, 1.165) is 9.99 Å². The molecule has 0 saturated carbocycles. The monoisotopic (exact) mass is 308 g/mol. The van der Waals surface area contributed by atoms with E-state index in [1.165, 1.54) is 6.08 Å². The van der Waals surface area contributed by atoms with Crippen LogP contribution in [-0.4, -0.2) is 10.4 Å². The van der Waals surface area contributed by atoms with E-state index in [1.807, 2.05) is 16.8 Å². The van der Waals surface area contributed by atoms with Crippen molar-refractivity contribution in [3.05, 3.63) is 35.0 Å². The third kappa shape index (κ3) is 3.11. The van der Waals surface area contributed by atoms with Crippen molar-refractivity contribution in [3.63, 3.8) is 0 Å². The van der Waals surface area contributed by atoms with Gasteiger partial charge in [-0.25, -0.2) is 4.79 Å². The Morgan fingerprint density at radius 1 is 1.85 bits per heavy atom. The van der Waals surface area contributed by atoms with Crippen LogP contribution in [0.5, 0.6) is 0 Å². The number of carbonyl (C=O) groups is 1. The lowest BCUT2D eigenvalue weighted by Crippen LogP contribution is -2.09. The average molecular weight is 308 g/mol. The highest BCUT2D eigenvalue weighted by atomic mass is 127. The molecule has 1 aromatic heterocycles. The van der Waals surface area contributed by atoms with Crippen molar-refractivity contribution in [2.75, 3.05) is 4.43 Å². The van der Waals surface area contributed by atoms with Crippen LogP contribution in [0.4, 0.5) is 0 Å². The van der Waals surface area contributed by atoms with Crippen molar-refractivity contribution in [1.29, 1.82) is 0 Å². The number of hydrogen-bond acceptors (Lipinski definition) is 3. The SMILES string of the molecule is C=CC(=O)OC(CI)c1ccsc1. The molecular formula is C9H9IO2S. The number of carbonyl (C=O) groups excluding carboxylic acids is 1. The minimum Gasteiger partial charge on any atom is -0.453 e. The standard InChI is InChI=1S/C9H9IO2S/c1-2-9(11)12-8(5-10)7-3-4-13-6-7/h2-4,6,8H,1,5H2. The Hall–Kier alpha value is -0.360. The molecule has 0 fully saturated rings. The Balaban J connectivity index is 2.63. The molecule has 0 N–H and O–H groups in total. The van der Waals surface area contributed by atoms with Gasteiger partial charge in [0.2, 0.25) is 0 Å². The lowest BCUT2D eigenvalue weighted by Gasteiger charge is -2.12. The molecule has 70 valence electrons. The maximum absolute atomic E-state index is 10.9. The number of halogens is 1. The second kappa shape index (κ2) is 5.39. The van der Waals surface area contributed by atoms with Gasteiger partial charge in [-0.2, -0.15) is 11.3 Å². The van der Waals surface area contributed by atoms with Crippen LogP contribution >= 0.6 is 33.9 Å². The summed E-state index contributed by atoms with van der Waals surface area (Å²) in [5.41, 5.74) is 1.05. The van der Waals surface area contributed by atoms with Crippen LogP contribution in [0.25, 0.3) is 0 Å². The third-order valence-electron chi connectivity index (χ3n) is 1.48. The number of ether oxygens (including phenoxy) is 1. The normalized spacial score (nSPS) is 12.1. The highest BCUT2D eigenvalue weighted by Gasteiger charge is 2.13. The maximum atomic E-state index is 10.9. The molecule has 0 saturated heterocycles. The lowest BCUT2D eigenvalue weighted by molar-refractivity contribution is -0.142. The van der Waals surface area contributed by atoms with Gasteiger partial charge in [-0.05, 0) is 16.8 Å². The number of rotatable bonds is 4. The zero-order valence-electron chi connectivity index (χ0n) is 6.90. The van der Waals surface area contributed by atoms with Crippen molar-refractivity contribution >= 4 is 39.9 Å². The molecule has 0 radical (unpaired) electrons. The Morgan fingerprint density at radius 2 is 2.62 bits per heavy atom. The topological polar surface area (TPSA) is 26.3 Å². The Kier molecular flexibility index (Phi) is 4.44. The van der Waals surface area contributed by atoms with E-state index >= 15 is 0 Å². The smallest absolute Gasteiger partial charge is 0.330 e. The van der Waals surface area contributed by atoms with Gasteiger partial charge in [0.25, 0.3) is 0 Å². The molecular weight excluding hydrogens is 299 g/mol. The van der Waals surface area contributed by atoms with Gasteiger partial charge in [0.1, 0.15) is 6.10 Å². The molecule has 1 aromatic rings. The van der Waals surface area contributed by atoms with Crippen LogP contribution in [-0.2, 0) is 9.53 Å². The summed E-state index contributed by atoms with van der Waals surface area (Å²) < 4.78 is 5.89. The zero-order valence-corrected chi connectivity index (χ0v) is 9.88. The summed E-state index contributed by atoms with van der Waals surface area (Å²) in [5, 5.41) is 3.95. The van der Waals surface area contributed by atoms with Crippen LogP contribution < -0.4 is 0 Å². The largest absolute Gasteiger partial charge is 0.453 e. The van der Waals surface area contributed by atoms with Crippen molar-refractivity contribution in [1.82, 2.24) is 0 Å². The molecule has 2 nitrogen and oxygen atoms in total. The first-order valence-corrected chi connectivity index (χ1v) is 6.16. The van der Waals surface area contributed by atoms with Crippen molar-refractivity contribution in [2.45, 2.75) is 6.10 Å². The van der Waals surface area contributed by atoms with Gasteiger partial charge in [0, 0.05) is 16.1 Å². The third-order valence-corrected chi connectivity index (χ3v) is 2.98. The first kappa shape index (κ1) is 10.7. The highest BCUT2D eigenvalue weighted by molar-refractivity contribution is 14.1. The average Bonchev–Trinajstić information content (AvgIpc) is 2.66. The molecule has 0 aliphatic carbocycles. The van der Waals surface area contributed by atoms with Crippen LogP contribution in [0.15, 0.2) is 29.5 Å². The molecule has 0 aliphatic heterocycles. The minimum atomic E-state index is -0.368. The molecule has 1 rings (SSSR count). The predicted molar refractivity (Wildman–Crippen MR) is 62.2 cm³/mol. The quantitative estimate of drug-likeness (QED) is 0.370. The molecule has 1 unspecified atom stereocenters. The number of alkyl halides is 1. The summed E-state index contributed by atoms with van der Waals surface area (Å²) in [7, 11) is 0. The maximum Gasteiger partial charge on any atom is 0.330 e. The van der Waals surface area contributed by atoms with Crippen molar-refractivity contribution < 1.29 is 9.53 Å². The van der Waals surface area contributed by atoms with Gasteiger partial charge in [-0.3, -0.25) is 0 Å². The van der Waals surface area contributed by atoms with Crippen LogP contribution in [0.3, 0.4) is 0 Å². The van der Waals surface area contributed by atoms with E-state index in [0.29, 0.717) is 0 Å². The van der Waals surface area contributed by atoms with E-state index in [9.17, 15) is 4.79 Å². The Bertz CT molecular complexity index is 282. The van der Waals surface area contributed by atoms with Crippen molar-refractivity contribution in [2.24, 2.45) is 0 Å². The molecule has 0 aliphatic rings. The van der Waals surface area contributed by atoms with E-state index < -0.39 is 0 Å². The Morgan fingerprint density at radius 3 is 3.08 bits per heavy atom. The molecule has 0 amide bonds. The summed E-state index contributed by atoms with van der Waals surface area (Å²) in [6.07, 6.45) is 1.04. The van der Waals surface area contributed by atoms with Gasteiger partial charge in [-0.15, -0.1) is 0 Å². The van der Waals surface area contributed by atoms with Crippen molar-refractivity contribution in [3.8, 4) is 0 Å². The lowest BCUT2D eigenvalue weighted by atomic mass is 10.2. The first-order chi connectivity index (χ1) is 6.27. The van der Waals surface area contributed by atoms with Gasteiger partial charge >= 0.3 is 5.97 Å². The highest BCUT2D eigenvalue weighted by Crippen LogP contribution is 2.22. The van der Waals surface area contributed by atoms with E-state index in [-0.39, 0.29) is 12.1 Å². The fourth-order valence-corrected chi connectivity index (χ4v) is 2.23. The second-order valence-electron chi connectivity index (χ2n) is 2.34.